The van der Waals surface area contributed by atoms with E-state index in [9.17, 15) is 9.59 Å². The highest BCUT2D eigenvalue weighted by atomic mass is 35.5. The Kier molecular flexibility index (Phi) is 5.66. The first-order chi connectivity index (χ1) is 10.5. The zero-order chi connectivity index (χ0) is 16.1. The summed E-state index contributed by atoms with van der Waals surface area (Å²) in [6.07, 6.45) is 4.23. The molecule has 1 aromatic carbocycles. The summed E-state index contributed by atoms with van der Waals surface area (Å²) >= 11 is 6.05. The van der Waals surface area contributed by atoms with Crippen LogP contribution in [0.1, 0.15) is 38.2 Å². The summed E-state index contributed by atoms with van der Waals surface area (Å²) in [6, 6.07) is 4.72. The number of hydrogen-bond acceptors (Lipinski definition) is 3. The lowest BCUT2D eigenvalue weighted by Gasteiger charge is -2.17. The van der Waals surface area contributed by atoms with Gasteiger partial charge in [-0.2, -0.15) is 0 Å². The van der Waals surface area contributed by atoms with Crippen LogP contribution in [0.3, 0.4) is 0 Å². The Morgan fingerprint density at radius 3 is 2.59 bits per heavy atom. The average Bonchev–Trinajstić information content (AvgIpc) is 2.95. The number of imide groups is 1. The van der Waals surface area contributed by atoms with Gasteiger partial charge in [-0.3, -0.25) is 10.1 Å². The van der Waals surface area contributed by atoms with Gasteiger partial charge in [0.05, 0.1) is 0 Å². The molecule has 1 saturated carbocycles. The highest BCUT2D eigenvalue weighted by Gasteiger charge is 2.20. The van der Waals surface area contributed by atoms with E-state index >= 15 is 0 Å². The van der Waals surface area contributed by atoms with Gasteiger partial charge in [0.2, 0.25) is 5.91 Å². The second kappa shape index (κ2) is 7.49. The molecule has 0 aromatic heterocycles. The van der Waals surface area contributed by atoms with E-state index in [4.69, 9.17) is 11.6 Å². The molecule has 0 spiro atoms. The maximum absolute atomic E-state index is 12.0. The lowest BCUT2D eigenvalue weighted by molar-refractivity contribution is -0.120. The van der Waals surface area contributed by atoms with Gasteiger partial charge in [0.15, 0.2) is 0 Å². The monoisotopic (exact) mass is 323 g/mol. The first kappa shape index (κ1) is 16.6. The number of carbonyl (C=O) groups excluding carboxylic acids is 2. The first-order valence-electron chi connectivity index (χ1n) is 7.60. The smallest absolute Gasteiger partial charge is 0.321 e. The van der Waals surface area contributed by atoms with Crippen molar-refractivity contribution in [2.75, 3.05) is 5.32 Å². The highest BCUT2D eigenvalue weighted by molar-refractivity contribution is 6.31. The third-order valence-electron chi connectivity index (χ3n) is 3.88. The molecule has 1 unspecified atom stereocenters. The summed E-state index contributed by atoms with van der Waals surface area (Å²) in [6.45, 7) is 3.61. The highest BCUT2D eigenvalue weighted by Crippen LogP contribution is 2.20. The van der Waals surface area contributed by atoms with Gasteiger partial charge in [-0.05, 0) is 44.4 Å². The maximum atomic E-state index is 12.0. The minimum Gasteiger partial charge on any atom is -0.374 e. The molecule has 1 aliphatic rings. The van der Waals surface area contributed by atoms with Crippen molar-refractivity contribution in [1.82, 2.24) is 10.6 Å². The van der Waals surface area contributed by atoms with Crippen molar-refractivity contribution in [3.63, 3.8) is 0 Å². The molecule has 1 fully saturated rings. The molecule has 0 saturated heterocycles. The number of nitrogens with one attached hydrogen (secondary N) is 3. The number of carbonyl (C=O) groups is 2. The molecular formula is C16H22ClN3O2. The topological polar surface area (TPSA) is 70.2 Å². The van der Waals surface area contributed by atoms with Crippen molar-refractivity contribution < 1.29 is 9.59 Å². The molecule has 1 atom stereocenters. The Hall–Kier alpha value is -1.75. The standard InChI is InChI=1S/C16H22ClN3O2/c1-10-7-8-13(9-14(10)17)18-11(2)15(21)20-16(22)19-12-5-3-4-6-12/h7-9,11-12,18H,3-6H2,1-2H3,(H2,19,20,21,22). The van der Waals surface area contributed by atoms with E-state index in [-0.39, 0.29) is 11.9 Å². The molecule has 22 heavy (non-hydrogen) atoms. The molecule has 6 heteroatoms. The van der Waals surface area contributed by atoms with Crippen LogP contribution >= 0.6 is 11.6 Å². The molecule has 0 heterocycles. The number of rotatable bonds is 4. The molecule has 3 N–H and O–H groups in total. The Morgan fingerprint density at radius 2 is 1.95 bits per heavy atom. The third-order valence-corrected chi connectivity index (χ3v) is 4.28. The predicted octanol–water partition coefficient (Wildman–Crippen LogP) is 3.22. The average molecular weight is 324 g/mol. The van der Waals surface area contributed by atoms with Crippen LogP contribution in [-0.4, -0.2) is 24.0 Å². The molecule has 0 aliphatic heterocycles. The quantitative estimate of drug-likeness (QED) is 0.796. The van der Waals surface area contributed by atoms with Crippen molar-refractivity contribution in [1.29, 1.82) is 0 Å². The Bertz CT molecular complexity index is 556. The van der Waals surface area contributed by atoms with E-state index in [1.807, 2.05) is 19.1 Å². The summed E-state index contributed by atoms with van der Waals surface area (Å²) in [5.74, 6) is -0.368. The second-order valence-corrected chi connectivity index (χ2v) is 6.18. The van der Waals surface area contributed by atoms with Crippen molar-refractivity contribution >= 4 is 29.2 Å². The van der Waals surface area contributed by atoms with Gasteiger partial charge in [-0.25, -0.2) is 4.79 Å². The molecule has 0 radical (unpaired) electrons. The number of halogens is 1. The number of anilines is 1. The maximum Gasteiger partial charge on any atom is 0.321 e. The van der Waals surface area contributed by atoms with Crippen LogP contribution in [0.4, 0.5) is 10.5 Å². The Morgan fingerprint density at radius 1 is 1.27 bits per heavy atom. The van der Waals surface area contributed by atoms with Gasteiger partial charge in [-0.1, -0.05) is 30.5 Å². The molecule has 1 aromatic rings. The van der Waals surface area contributed by atoms with Gasteiger partial charge in [0, 0.05) is 16.8 Å². The van der Waals surface area contributed by atoms with Gasteiger partial charge in [0.1, 0.15) is 6.04 Å². The summed E-state index contributed by atoms with van der Waals surface area (Å²) < 4.78 is 0. The summed E-state index contributed by atoms with van der Waals surface area (Å²) in [5.41, 5.74) is 1.72. The van der Waals surface area contributed by atoms with Crippen molar-refractivity contribution in [2.24, 2.45) is 0 Å². The number of aryl methyl sites for hydroxylation is 1. The van der Waals surface area contributed by atoms with Crippen LogP contribution in [0, 0.1) is 6.92 Å². The van der Waals surface area contributed by atoms with Gasteiger partial charge in [0.25, 0.3) is 0 Å². The van der Waals surface area contributed by atoms with E-state index in [0.29, 0.717) is 5.02 Å². The molecule has 3 amide bonds. The summed E-state index contributed by atoms with van der Waals surface area (Å²) in [7, 11) is 0. The van der Waals surface area contributed by atoms with Crippen LogP contribution < -0.4 is 16.0 Å². The first-order valence-corrected chi connectivity index (χ1v) is 7.97. The molecule has 0 bridgehead atoms. The van der Waals surface area contributed by atoms with Crippen LogP contribution in [0.15, 0.2) is 18.2 Å². The van der Waals surface area contributed by atoms with Crippen LogP contribution in [0.5, 0.6) is 0 Å². The lowest BCUT2D eigenvalue weighted by Crippen LogP contribution is -2.48. The van der Waals surface area contributed by atoms with Crippen molar-refractivity contribution in [3.05, 3.63) is 28.8 Å². The lowest BCUT2D eigenvalue weighted by atomic mass is 10.2. The van der Waals surface area contributed by atoms with Gasteiger partial charge >= 0.3 is 6.03 Å². The largest absolute Gasteiger partial charge is 0.374 e. The van der Waals surface area contributed by atoms with E-state index in [1.54, 1.807) is 13.0 Å². The van der Waals surface area contributed by atoms with Gasteiger partial charge in [-0.15, -0.1) is 0 Å². The molecule has 2 rings (SSSR count). The normalized spacial score (nSPS) is 16.1. The zero-order valence-electron chi connectivity index (χ0n) is 12.9. The SMILES string of the molecule is Cc1ccc(NC(C)C(=O)NC(=O)NC2CCCC2)cc1Cl. The summed E-state index contributed by atoms with van der Waals surface area (Å²) in [5, 5.41) is 8.86. The Labute approximate surface area is 135 Å². The fourth-order valence-corrected chi connectivity index (χ4v) is 2.69. The van der Waals surface area contributed by atoms with E-state index < -0.39 is 12.1 Å². The molecule has 1 aliphatic carbocycles. The van der Waals surface area contributed by atoms with Crippen LogP contribution in [0.2, 0.25) is 5.02 Å². The predicted molar refractivity (Wildman–Crippen MR) is 88.2 cm³/mol. The third kappa shape index (κ3) is 4.63. The number of amides is 3. The Balaban J connectivity index is 1.83. The minimum atomic E-state index is -0.534. The van der Waals surface area contributed by atoms with Crippen LogP contribution in [-0.2, 0) is 4.79 Å². The molecule has 120 valence electrons. The number of urea groups is 1. The minimum absolute atomic E-state index is 0.187. The molecular weight excluding hydrogens is 302 g/mol. The fourth-order valence-electron chi connectivity index (χ4n) is 2.51. The number of hydrogen-bond donors (Lipinski definition) is 3. The van der Waals surface area contributed by atoms with E-state index in [0.717, 1.165) is 36.9 Å². The van der Waals surface area contributed by atoms with Gasteiger partial charge < -0.3 is 10.6 Å². The van der Waals surface area contributed by atoms with Crippen LogP contribution in [0.25, 0.3) is 0 Å². The molecule has 5 nitrogen and oxygen atoms in total. The zero-order valence-corrected chi connectivity index (χ0v) is 13.7. The summed E-state index contributed by atoms with van der Waals surface area (Å²) in [4.78, 5) is 23.8. The fraction of sp³-hybridized carbons (Fsp3) is 0.500. The van der Waals surface area contributed by atoms with E-state index in [2.05, 4.69) is 16.0 Å². The van der Waals surface area contributed by atoms with Crippen molar-refractivity contribution in [3.8, 4) is 0 Å². The second-order valence-electron chi connectivity index (χ2n) is 5.77. The number of benzene rings is 1. The van der Waals surface area contributed by atoms with Crippen molar-refractivity contribution in [2.45, 2.75) is 51.6 Å². The van der Waals surface area contributed by atoms with E-state index in [1.165, 1.54) is 0 Å².